The number of hydrogen-bond acceptors (Lipinski definition) is 7. The molecule has 0 saturated carbocycles. The first-order chi connectivity index (χ1) is 17.7. The zero-order valence-corrected chi connectivity index (χ0v) is 18.9. The van der Waals surface area contributed by atoms with Crippen molar-refractivity contribution >= 4 is 39.1 Å². The van der Waals surface area contributed by atoms with Crippen LogP contribution in [-0.2, 0) is 6.42 Å². The first-order valence-electron chi connectivity index (χ1n) is 11.2. The van der Waals surface area contributed by atoms with Gasteiger partial charge in [0.05, 0.1) is 23.0 Å². The van der Waals surface area contributed by atoms with Crippen molar-refractivity contribution < 1.29 is 4.79 Å². The third-order valence-electron chi connectivity index (χ3n) is 5.93. The van der Waals surface area contributed by atoms with Gasteiger partial charge in [0.25, 0.3) is 0 Å². The van der Waals surface area contributed by atoms with E-state index in [1.54, 1.807) is 24.7 Å². The second-order valence-electron chi connectivity index (χ2n) is 8.29. The van der Waals surface area contributed by atoms with E-state index in [9.17, 15) is 10.1 Å². The van der Waals surface area contributed by atoms with Gasteiger partial charge in [0.15, 0.2) is 11.6 Å². The number of Topliss-reactive ketones (excluding diaryl/α,β-unsaturated/α-hetero) is 1. The normalized spacial score (nSPS) is 11.0. The third-order valence-corrected chi connectivity index (χ3v) is 5.93. The van der Waals surface area contributed by atoms with Crippen LogP contribution in [0, 0.1) is 11.3 Å². The summed E-state index contributed by atoms with van der Waals surface area (Å²) in [5.41, 5.74) is 5.02. The number of H-pyrrole nitrogens is 2. The van der Waals surface area contributed by atoms with Gasteiger partial charge in [-0.2, -0.15) is 10.4 Å². The Labute approximate surface area is 204 Å². The fourth-order valence-corrected chi connectivity index (χ4v) is 4.10. The average molecular weight is 470 g/mol. The Bertz CT molecular complexity index is 1790. The van der Waals surface area contributed by atoms with Gasteiger partial charge >= 0.3 is 0 Å². The number of rotatable bonds is 6. The number of carbonyl (C=O) groups excluding carboxylic acids is 1. The van der Waals surface area contributed by atoms with Crippen molar-refractivity contribution in [1.82, 2.24) is 30.1 Å². The van der Waals surface area contributed by atoms with Crippen molar-refractivity contribution in [2.75, 3.05) is 5.32 Å². The highest BCUT2D eigenvalue weighted by atomic mass is 16.1. The minimum absolute atomic E-state index is 0.104. The number of pyridine rings is 1. The summed E-state index contributed by atoms with van der Waals surface area (Å²) in [6.07, 6.45) is 6.65. The predicted molar refractivity (Wildman–Crippen MR) is 136 cm³/mol. The second kappa shape index (κ2) is 8.77. The van der Waals surface area contributed by atoms with Crippen molar-refractivity contribution in [2.45, 2.75) is 6.42 Å². The van der Waals surface area contributed by atoms with E-state index in [2.05, 4.69) is 41.5 Å². The standard InChI is InChI=1S/C27H18N8O/c28-13-20-14-29-7-5-16(20)12-25(36)24-10-17-1-2-18(11-23(17)33-24)27-30-8-6-26(34-27)32-21-3-4-22-19(9-21)15-31-35-22/h1-11,14-15,33H,12H2,(H,31,35)(H,30,32,34). The van der Waals surface area contributed by atoms with Gasteiger partial charge in [0.1, 0.15) is 11.9 Å². The van der Waals surface area contributed by atoms with E-state index in [-0.39, 0.29) is 12.2 Å². The average Bonchev–Trinajstić information content (AvgIpc) is 3.55. The molecule has 0 spiro atoms. The van der Waals surface area contributed by atoms with Crippen molar-refractivity contribution in [2.24, 2.45) is 0 Å². The fraction of sp³-hybridized carbons (Fsp3) is 0.0370. The van der Waals surface area contributed by atoms with E-state index in [0.29, 0.717) is 28.5 Å². The molecule has 0 radical (unpaired) electrons. The number of hydrogen-bond donors (Lipinski definition) is 3. The molecule has 0 atom stereocenters. The minimum Gasteiger partial charge on any atom is -0.352 e. The maximum absolute atomic E-state index is 12.9. The maximum atomic E-state index is 12.9. The second-order valence-corrected chi connectivity index (χ2v) is 8.29. The first-order valence-corrected chi connectivity index (χ1v) is 11.2. The van der Waals surface area contributed by atoms with Crippen LogP contribution in [0.5, 0.6) is 0 Å². The lowest BCUT2D eigenvalue weighted by Gasteiger charge is -2.07. The zero-order chi connectivity index (χ0) is 24.5. The summed E-state index contributed by atoms with van der Waals surface area (Å²) in [5, 5.41) is 21.5. The molecule has 3 N–H and O–H groups in total. The number of nitrogens with zero attached hydrogens (tertiary/aromatic N) is 5. The lowest BCUT2D eigenvalue weighted by atomic mass is 10.0. The number of carbonyl (C=O) groups is 1. The largest absolute Gasteiger partial charge is 0.352 e. The number of aromatic amines is 2. The molecule has 6 aromatic rings. The van der Waals surface area contributed by atoms with Crippen LogP contribution < -0.4 is 5.32 Å². The molecule has 0 aliphatic carbocycles. The SMILES string of the molecule is N#Cc1cnccc1CC(=O)c1cc2ccc(-c3nccc(Nc4ccc5[nH]ncc5c4)n3)cc2[nH]1. The molecular formula is C27H18N8O. The molecule has 0 aliphatic rings. The van der Waals surface area contributed by atoms with Gasteiger partial charge in [-0.15, -0.1) is 0 Å². The topological polar surface area (TPSA) is 136 Å². The number of ketones is 1. The molecule has 0 aliphatic heterocycles. The molecule has 6 rings (SSSR count). The molecule has 2 aromatic carbocycles. The minimum atomic E-state index is -0.104. The Hall–Kier alpha value is -5.36. The zero-order valence-electron chi connectivity index (χ0n) is 18.9. The van der Waals surface area contributed by atoms with Crippen molar-refractivity contribution in [3.63, 3.8) is 0 Å². The molecule has 36 heavy (non-hydrogen) atoms. The molecule has 0 bridgehead atoms. The van der Waals surface area contributed by atoms with Gasteiger partial charge in [-0.3, -0.25) is 14.9 Å². The van der Waals surface area contributed by atoms with Gasteiger partial charge in [0, 0.05) is 52.6 Å². The van der Waals surface area contributed by atoms with Gasteiger partial charge in [-0.05, 0) is 48.0 Å². The van der Waals surface area contributed by atoms with Gasteiger partial charge in [-0.25, -0.2) is 9.97 Å². The maximum Gasteiger partial charge on any atom is 0.183 e. The molecule has 172 valence electrons. The third kappa shape index (κ3) is 4.03. The summed E-state index contributed by atoms with van der Waals surface area (Å²) in [4.78, 5) is 29.1. The molecule has 0 fully saturated rings. The van der Waals surface area contributed by atoms with Gasteiger partial charge < -0.3 is 10.3 Å². The van der Waals surface area contributed by atoms with Crippen LogP contribution in [0.4, 0.5) is 11.5 Å². The quantitative estimate of drug-likeness (QED) is 0.293. The van der Waals surface area contributed by atoms with Crippen molar-refractivity contribution in [3.8, 4) is 17.5 Å². The predicted octanol–water partition coefficient (Wildman–Crippen LogP) is 4.94. The molecular weight excluding hydrogens is 452 g/mol. The monoisotopic (exact) mass is 470 g/mol. The summed E-state index contributed by atoms with van der Waals surface area (Å²) in [5.74, 6) is 1.12. The molecule has 0 saturated heterocycles. The number of anilines is 2. The van der Waals surface area contributed by atoms with Crippen LogP contribution in [0.1, 0.15) is 21.6 Å². The lowest BCUT2D eigenvalue weighted by molar-refractivity contribution is 0.0989. The highest BCUT2D eigenvalue weighted by Gasteiger charge is 2.14. The number of aromatic nitrogens is 6. The smallest absolute Gasteiger partial charge is 0.183 e. The van der Waals surface area contributed by atoms with Crippen LogP contribution in [0.2, 0.25) is 0 Å². The van der Waals surface area contributed by atoms with Crippen molar-refractivity contribution in [1.29, 1.82) is 5.26 Å². The number of nitriles is 1. The summed E-state index contributed by atoms with van der Waals surface area (Å²) < 4.78 is 0. The fourth-order valence-electron chi connectivity index (χ4n) is 4.10. The first kappa shape index (κ1) is 21.2. The summed E-state index contributed by atoms with van der Waals surface area (Å²) in [6, 6.07) is 19.1. The van der Waals surface area contributed by atoms with Crippen LogP contribution in [0.3, 0.4) is 0 Å². The van der Waals surface area contributed by atoms with Crippen LogP contribution in [0.25, 0.3) is 33.2 Å². The van der Waals surface area contributed by atoms with E-state index in [1.807, 2.05) is 48.5 Å². The Kier molecular flexibility index (Phi) is 5.16. The number of nitrogens with one attached hydrogen (secondary N) is 3. The number of fused-ring (bicyclic) bond motifs is 2. The van der Waals surface area contributed by atoms with Crippen molar-refractivity contribution in [3.05, 3.63) is 96.2 Å². The van der Waals surface area contributed by atoms with E-state index < -0.39 is 0 Å². The molecule has 9 heteroatoms. The number of benzene rings is 2. The Balaban J connectivity index is 1.25. The Morgan fingerprint density at radius 1 is 0.972 bits per heavy atom. The van der Waals surface area contributed by atoms with E-state index in [4.69, 9.17) is 0 Å². The van der Waals surface area contributed by atoms with Crippen LogP contribution >= 0.6 is 0 Å². The van der Waals surface area contributed by atoms with E-state index in [0.717, 1.165) is 33.1 Å². The summed E-state index contributed by atoms with van der Waals surface area (Å²) in [7, 11) is 0. The Morgan fingerprint density at radius 2 is 1.92 bits per heavy atom. The molecule has 9 nitrogen and oxygen atoms in total. The molecule has 0 unspecified atom stereocenters. The van der Waals surface area contributed by atoms with Crippen LogP contribution in [0.15, 0.2) is 79.4 Å². The van der Waals surface area contributed by atoms with Gasteiger partial charge in [0.2, 0.25) is 0 Å². The lowest BCUT2D eigenvalue weighted by Crippen LogP contribution is -2.05. The highest BCUT2D eigenvalue weighted by Crippen LogP contribution is 2.25. The molecule has 4 aromatic heterocycles. The molecule has 4 heterocycles. The van der Waals surface area contributed by atoms with Crippen LogP contribution in [-0.4, -0.2) is 35.9 Å². The molecule has 0 amide bonds. The highest BCUT2D eigenvalue weighted by molar-refractivity contribution is 6.01. The summed E-state index contributed by atoms with van der Waals surface area (Å²) >= 11 is 0. The van der Waals surface area contributed by atoms with E-state index in [1.165, 1.54) is 6.20 Å². The van der Waals surface area contributed by atoms with E-state index >= 15 is 0 Å². The van der Waals surface area contributed by atoms with Gasteiger partial charge in [-0.1, -0.05) is 12.1 Å². The summed E-state index contributed by atoms with van der Waals surface area (Å²) in [6.45, 7) is 0. The Morgan fingerprint density at radius 3 is 2.83 bits per heavy atom.